The van der Waals surface area contributed by atoms with Crippen molar-refractivity contribution in [3.63, 3.8) is 0 Å². The van der Waals surface area contributed by atoms with Gasteiger partial charge in [0.15, 0.2) is 0 Å². The molecule has 2 aliphatic rings. The molecule has 2 N–H and O–H groups in total. The highest BCUT2D eigenvalue weighted by atomic mass is 32.1. The van der Waals surface area contributed by atoms with Crippen molar-refractivity contribution in [2.24, 2.45) is 23.7 Å². The van der Waals surface area contributed by atoms with Gasteiger partial charge in [-0.3, -0.25) is 33.7 Å². The Morgan fingerprint density at radius 2 is 1.24 bits per heavy atom. The van der Waals surface area contributed by atoms with Crippen molar-refractivity contribution in [2.45, 2.75) is 129 Å². The molecule has 1 aromatic rings. The Bertz CT molecular complexity index is 2140. The summed E-state index contributed by atoms with van der Waals surface area (Å²) < 4.78 is 50.5. The van der Waals surface area contributed by atoms with Crippen LogP contribution >= 0.6 is 12.2 Å². The van der Waals surface area contributed by atoms with E-state index in [1.54, 1.807) is 33.2 Å². The van der Waals surface area contributed by atoms with E-state index in [2.05, 4.69) is 10.6 Å². The minimum atomic E-state index is -0.955. The second kappa shape index (κ2) is 38.8. The maximum Gasteiger partial charge on any atom is 0.328 e. The van der Waals surface area contributed by atoms with Gasteiger partial charge in [-0.15, -0.1) is 0 Å². The number of rotatable bonds is 42. The van der Waals surface area contributed by atoms with Gasteiger partial charge in [0, 0.05) is 59.4 Å². The van der Waals surface area contributed by atoms with Crippen LogP contribution in [0.1, 0.15) is 86.1 Å². The summed E-state index contributed by atoms with van der Waals surface area (Å²) in [5, 5.41) is 6.22. The lowest BCUT2D eigenvalue weighted by molar-refractivity contribution is -0.148. The molecule has 82 heavy (non-hydrogen) atoms. The minimum absolute atomic E-state index is 0.0189. The second-order valence-electron chi connectivity index (χ2n) is 21.4. The van der Waals surface area contributed by atoms with Gasteiger partial charge in [-0.05, 0) is 36.2 Å². The van der Waals surface area contributed by atoms with E-state index in [1.807, 2.05) is 83.7 Å². The Balaban J connectivity index is 1.45. The maximum absolute atomic E-state index is 14.7. The van der Waals surface area contributed by atoms with Crippen molar-refractivity contribution in [1.29, 1.82) is 0 Å². The van der Waals surface area contributed by atoms with E-state index in [4.69, 9.17) is 54.8 Å². The number of likely N-dealkylation sites (N-methyl/N-ethyl adjacent to an activating group) is 2. The monoisotopic (exact) mass is 1180 g/mol. The van der Waals surface area contributed by atoms with Crippen molar-refractivity contribution in [3.05, 3.63) is 48.0 Å². The Morgan fingerprint density at radius 1 is 0.707 bits per heavy atom. The van der Waals surface area contributed by atoms with Crippen molar-refractivity contribution < 1.29 is 76.2 Å². The smallest absolute Gasteiger partial charge is 0.328 e. The first-order valence-corrected chi connectivity index (χ1v) is 29.2. The lowest BCUT2D eigenvalue weighted by Crippen LogP contribution is -2.60. The molecule has 9 unspecified atom stereocenters. The first-order chi connectivity index (χ1) is 39.2. The molecule has 23 heteroatoms. The molecule has 0 aliphatic carbocycles. The molecule has 464 valence electrons. The van der Waals surface area contributed by atoms with E-state index in [0.29, 0.717) is 90.3 Å². The van der Waals surface area contributed by atoms with E-state index in [0.717, 1.165) is 16.9 Å². The maximum atomic E-state index is 14.7. The summed E-state index contributed by atoms with van der Waals surface area (Å²) in [4.78, 5) is 99.2. The molecule has 2 aliphatic heterocycles. The fourth-order valence-corrected chi connectivity index (χ4v) is 10.5. The van der Waals surface area contributed by atoms with Crippen LogP contribution in [-0.2, 0) is 82.6 Å². The number of benzene rings is 1. The van der Waals surface area contributed by atoms with Gasteiger partial charge in [0.1, 0.15) is 18.1 Å². The highest BCUT2D eigenvalue weighted by Gasteiger charge is 2.43. The van der Waals surface area contributed by atoms with Gasteiger partial charge in [-0.25, -0.2) is 4.79 Å². The summed E-state index contributed by atoms with van der Waals surface area (Å²) in [5.41, 5.74) is 0.943. The zero-order valence-electron chi connectivity index (χ0n) is 50.8. The first kappa shape index (κ1) is 71.3. The van der Waals surface area contributed by atoms with Crippen LogP contribution < -0.4 is 10.6 Å². The van der Waals surface area contributed by atoms with Crippen molar-refractivity contribution >= 4 is 58.6 Å². The molecule has 0 spiro atoms. The minimum Gasteiger partial charge on any atom is -0.467 e. The van der Waals surface area contributed by atoms with E-state index >= 15 is 0 Å². The van der Waals surface area contributed by atoms with E-state index in [-0.39, 0.29) is 98.5 Å². The standard InChI is InChI=1S/C59H96N6O16S/c1-13-42(6)54(47(73-10)39-51(69)64-24-17-20-46(64)55(74-11)43(7)57(82)60-45(59(72)75-12)38-44-18-15-14-16-19-44)63(9)58(71)52(40(2)3)61-56(70)53(41(4)5)62(8)48(66)23-26-76-28-30-78-32-34-80-36-37-81-35-33-79-31-29-77-27-25-65-49(67)21-22-50(65)68/h14-16,18-19,21-22,40-43,45-47,52-55H,13,17,20,23-39H2,1-12H3,(H,60,82)(H,61,70). The lowest BCUT2D eigenvalue weighted by Gasteiger charge is -2.41. The number of hydrogen-bond acceptors (Lipinski definition) is 17. The summed E-state index contributed by atoms with van der Waals surface area (Å²) in [6, 6.07) is 6.16. The molecule has 9 atom stereocenters. The van der Waals surface area contributed by atoms with Crippen LogP contribution in [-0.4, -0.2) is 236 Å². The third-order valence-corrected chi connectivity index (χ3v) is 15.5. The fraction of sp³-hybridized carbons (Fsp3) is 0.729. The fourth-order valence-electron chi connectivity index (χ4n) is 10.2. The van der Waals surface area contributed by atoms with Crippen LogP contribution in [0.5, 0.6) is 0 Å². The topological polar surface area (TPSA) is 240 Å². The molecule has 1 fully saturated rings. The summed E-state index contributed by atoms with van der Waals surface area (Å²) in [6.45, 7) is 17.9. The SMILES string of the molecule is CCC(C)C(C(CC(=O)N1CCCC1C(OC)C(C)C(=S)NC(Cc1ccccc1)C(=O)OC)OC)N(C)C(=O)C(NC(=O)C(C(C)C)N(C)C(=O)CCOCCOCCOCCOCCOCCOCCN1C(=O)C=CC1=O)C(C)C. The molecule has 2 heterocycles. The number of thiocarbonyl (C=S) groups is 1. The molecule has 0 radical (unpaired) electrons. The number of carbonyl (C=O) groups excluding carboxylic acids is 7. The first-order valence-electron chi connectivity index (χ1n) is 28.8. The highest BCUT2D eigenvalue weighted by Crippen LogP contribution is 2.30. The Hall–Kier alpha value is -4.98. The van der Waals surface area contributed by atoms with Crippen molar-refractivity contribution in [2.75, 3.05) is 128 Å². The van der Waals surface area contributed by atoms with Crippen LogP contribution in [0.4, 0.5) is 0 Å². The zero-order valence-corrected chi connectivity index (χ0v) is 51.6. The number of likely N-dealkylation sites (tertiary alicyclic amines) is 1. The molecule has 0 bridgehead atoms. The van der Waals surface area contributed by atoms with Gasteiger partial charge in [-0.1, -0.05) is 97.4 Å². The number of imide groups is 1. The van der Waals surface area contributed by atoms with Crippen molar-refractivity contribution in [3.8, 4) is 0 Å². The van der Waals surface area contributed by atoms with E-state index < -0.39 is 48.3 Å². The molecule has 6 amide bonds. The van der Waals surface area contributed by atoms with Gasteiger partial charge < -0.3 is 68.0 Å². The molecular weight excluding hydrogens is 1080 g/mol. The molecule has 22 nitrogen and oxygen atoms in total. The lowest BCUT2D eigenvalue weighted by atomic mass is 9.89. The number of methoxy groups -OCH3 is 3. The largest absolute Gasteiger partial charge is 0.467 e. The predicted molar refractivity (Wildman–Crippen MR) is 311 cm³/mol. The van der Waals surface area contributed by atoms with Crippen LogP contribution in [0, 0.1) is 23.7 Å². The molecule has 0 saturated carbocycles. The molecular formula is C59H96N6O16S. The van der Waals surface area contributed by atoms with E-state index in [1.165, 1.54) is 24.2 Å². The quantitative estimate of drug-likeness (QED) is 0.0411. The average molecular weight is 1180 g/mol. The second-order valence-corrected chi connectivity index (χ2v) is 21.8. The summed E-state index contributed by atoms with van der Waals surface area (Å²) in [6.07, 6.45) is 3.76. The number of esters is 1. The number of amides is 6. The van der Waals surface area contributed by atoms with Crippen molar-refractivity contribution in [1.82, 2.24) is 30.2 Å². The number of hydrogen-bond donors (Lipinski definition) is 2. The van der Waals surface area contributed by atoms with Gasteiger partial charge in [0.2, 0.25) is 23.6 Å². The van der Waals surface area contributed by atoms with Crippen LogP contribution in [0.15, 0.2) is 42.5 Å². The Labute approximate surface area is 492 Å². The summed E-state index contributed by atoms with van der Waals surface area (Å²) >= 11 is 5.89. The predicted octanol–water partition coefficient (Wildman–Crippen LogP) is 3.65. The Kier molecular flexibility index (Phi) is 33.7. The van der Waals surface area contributed by atoms with Crippen LogP contribution in [0.3, 0.4) is 0 Å². The van der Waals surface area contributed by atoms with Gasteiger partial charge in [0.25, 0.3) is 11.8 Å². The van der Waals surface area contributed by atoms with Gasteiger partial charge >= 0.3 is 5.97 Å². The number of ether oxygens (including phenoxy) is 9. The number of nitrogens with one attached hydrogen (secondary N) is 2. The normalized spacial score (nSPS) is 17.3. The average Bonchev–Trinajstić information content (AvgIpc) is 4.18. The van der Waals surface area contributed by atoms with Gasteiger partial charge in [0.05, 0.1) is 135 Å². The molecule has 1 saturated heterocycles. The number of nitrogens with zero attached hydrogens (tertiary/aromatic N) is 4. The van der Waals surface area contributed by atoms with Gasteiger partial charge in [-0.2, -0.15) is 0 Å². The zero-order chi connectivity index (χ0) is 60.7. The Morgan fingerprint density at radius 3 is 1.73 bits per heavy atom. The van der Waals surface area contributed by atoms with E-state index in [9.17, 15) is 33.6 Å². The summed E-state index contributed by atoms with van der Waals surface area (Å²) in [7, 11) is 7.75. The molecule has 1 aromatic carbocycles. The van der Waals surface area contributed by atoms with Crippen LogP contribution in [0.2, 0.25) is 0 Å². The summed E-state index contributed by atoms with van der Waals surface area (Å²) in [5.74, 6) is -3.48. The third-order valence-electron chi connectivity index (χ3n) is 15.0. The molecule has 3 rings (SSSR count). The van der Waals surface area contributed by atoms with Crippen LogP contribution in [0.25, 0.3) is 0 Å². The molecule has 0 aromatic heterocycles. The number of carbonyl (C=O) groups is 7. The highest BCUT2D eigenvalue weighted by molar-refractivity contribution is 7.80. The third kappa shape index (κ3) is 23.2.